The summed E-state index contributed by atoms with van der Waals surface area (Å²) >= 11 is 0. The molecule has 0 saturated carbocycles. The maximum atomic E-state index is 13.5. The molecular formula is C16H18FNO. The zero-order valence-corrected chi connectivity index (χ0v) is 11.2. The van der Waals surface area contributed by atoms with E-state index in [4.69, 9.17) is 10.5 Å². The van der Waals surface area contributed by atoms with Crippen molar-refractivity contribution in [1.82, 2.24) is 0 Å². The van der Waals surface area contributed by atoms with Crippen LogP contribution in [0.5, 0.6) is 5.75 Å². The Morgan fingerprint density at radius 3 is 2.42 bits per heavy atom. The van der Waals surface area contributed by atoms with E-state index < -0.39 is 0 Å². The van der Waals surface area contributed by atoms with Gasteiger partial charge in [0.25, 0.3) is 0 Å². The number of halogens is 1. The first-order valence-electron chi connectivity index (χ1n) is 6.24. The van der Waals surface area contributed by atoms with Crippen LogP contribution in [0.3, 0.4) is 0 Å². The minimum atomic E-state index is -0.206. The van der Waals surface area contributed by atoms with Gasteiger partial charge in [-0.3, -0.25) is 0 Å². The second-order valence-electron chi connectivity index (χ2n) is 4.67. The molecule has 100 valence electrons. The van der Waals surface area contributed by atoms with Gasteiger partial charge in [-0.25, -0.2) is 4.39 Å². The Hall–Kier alpha value is -1.87. The van der Waals surface area contributed by atoms with Gasteiger partial charge in [-0.1, -0.05) is 24.3 Å². The van der Waals surface area contributed by atoms with Crippen LogP contribution in [0.4, 0.5) is 4.39 Å². The number of methoxy groups -OCH3 is 1. The topological polar surface area (TPSA) is 35.2 Å². The molecular weight excluding hydrogens is 241 g/mol. The SMILES string of the molecule is COc1ccc(CC(N)c2ccc(C)c(F)c2)cc1. The molecule has 19 heavy (non-hydrogen) atoms. The first-order valence-corrected chi connectivity index (χ1v) is 6.24. The Labute approximate surface area is 113 Å². The van der Waals surface area contributed by atoms with Crippen molar-refractivity contribution in [2.45, 2.75) is 19.4 Å². The molecule has 3 heteroatoms. The lowest BCUT2D eigenvalue weighted by Crippen LogP contribution is -2.13. The second-order valence-corrected chi connectivity index (χ2v) is 4.67. The van der Waals surface area contributed by atoms with E-state index in [0.29, 0.717) is 12.0 Å². The van der Waals surface area contributed by atoms with Crippen LogP contribution in [-0.2, 0) is 6.42 Å². The summed E-state index contributed by atoms with van der Waals surface area (Å²) in [5.41, 5.74) is 8.68. The van der Waals surface area contributed by atoms with E-state index in [-0.39, 0.29) is 11.9 Å². The maximum absolute atomic E-state index is 13.5. The molecule has 0 aliphatic heterocycles. The lowest BCUT2D eigenvalue weighted by atomic mass is 9.98. The number of ether oxygens (including phenoxy) is 1. The fourth-order valence-corrected chi connectivity index (χ4v) is 1.97. The highest BCUT2D eigenvalue weighted by Crippen LogP contribution is 2.20. The Balaban J connectivity index is 2.10. The van der Waals surface area contributed by atoms with Crippen LogP contribution in [-0.4, -0.2) is 7.11 Å². The average Bonchev–Trinajstić information content (AvgIpc) is 2.42. The third kappa shape index (κ3) is 3.32. The van der Waals surface area contributed by atoms with Gasteiger partial charge in [-0.05, 0) is 48.2 Å². The zero-order chi connectivity index (χ0) is 13.8. The highest BCUT2D eigenvalue weighted by atomic mass is 19.1. The molecule has 1 atom stereocenters. The molecule has 2 aromatic rings. The van der Waals surface area contributed by atoms with Gasteiger partial charge < -0.3 is 10.5 Å². The summed E-state index contributed by atoms with van der Waals surface area (Å²) in [4.78, 5) is 0. The number of aryl methyl sites for hydroxylation is 1. The van der Waals surface area contributed by atoms with Crippen LogP contribution in [0.1, 0.15) is 22.7 Å². The summed E-state index contributed by atoms with van der Waals surface area (Å²) in [7, 11) is 1.63. The molecule has 0 bridgehead atoms. The molecule has 2 N–H and O–H groups in total. The van der Waals surface area contributed by atoms with Gasteiger partial charge in [0.15, 0.2) is 0 Å². The van der Waals surface area contributed by atoms with Crippen LogP contribution >= 0.6 is 0 Å². The van der Waals surface area contributed by atoms with Crippen molar-refractivity contribution in [2.24, 2.45) is 5.73 Å². The van der Waals surface area contributed by atoms with E-state index in [1.54, 1.807) is 20.1 Å². The highest BCUT2D eigenvalue weighted by molar-refractivity contribution is 5.30. The maximum Gasteiger partial charge on any atom is 0.126 e. The second kappa shape index (κ2) is 5.85. The zero-order valence-electron chi connectivity index (χ0n) is 11.2. The molecule has 0 radical (unpaired) electrons. The number of hydrogen-bond donors (Lipinski definition) is 1. The predicted molar refractivity (Wildman–Crippen MR) is 74.8 cm³/mol. The summed E-state index contributed by atoms with van der Waals surface area (Å²) < 4.78 is 18.6. The molecule has 0 heterocycles. The predicted octanol–water partition coefficient (Wildman–Crippen LogP) is 3.39. The Kier molecular flexibility index (Phi) is 4.17. The molecule has 0 aliphatic carbocycles. The molecule has 0 saturated heterocycles. The molecule has 0 spiro atoms. The quantitative estimate of drug-likeness (QED) is 0.913. The van der Waals surface area contributed by atoms with Crippen molar-refractivity contribution in [1.29, 1.82) is 0 Å². The van der Waals surface area contributed by atoms with E-state index >= 15 is 0 Å². The number of nitrogens with two attached hydrogens (primary N) is 1. The molecule has 0 amide bonds. The van der Waals surface area contributed by atoms with Crippen molar-refractivity contribution in [3.05, 3.63) is 65.0 Å². The van der Waals surface area contributed by atoms with Gasteiger partial charge in [-0.15, -0.1) is 0 Å². The molecule has 2 nitrogen and oxygen atoms in total. The molecule has 0 aromatic heterocycles. The van der Waals surface area contributed by atoms with E-state index in [9.17, 15) is 4.39 Å². The summed E-state index contributed by atoms with van der Waals surface area (Å²) in [5, 5.41) is 0. The van der Waals surface area contributed by atoms with Crippen molar-refractivity contribution < 1.29 is 9.13 Å². The molecule has 0 aliphatic rings. The van der Waals surface area contributed by atoms with E-state index in [1.807, 2.05) is 30.3 Å². The fourth-order valence-electron chi connectivity index (χ4n) is 1.97. The Morgan fingerprint density at radius 2 is 1.84 bits per heavy atom. The molecule has 2 aromatic carbocycles. The third-order valence-electron chi connectivity index (χ3n) is 3.24. The van der Waals surface area contributed by atoms with Crippen LogP contribution in [0, 0.1) is 12.7 Å². The minimum Gasteiger partial charge on any atom is -0.497 e. The van der Waals surface area contributed by atoms with E-state index in [0.717, 1.165) is 16.9 Å². The van der Waals surface area contributed by atoms with Crippen molar-refractivity contribution in [3.8, 4) is 5.75 Å². The van der Waals surface area contributed by atoms with Gasteiger partial charge in [-0.2, -0.15) is 0 Å². The summed E-state index contributed by atoms with van der Waals surface area (Å²) in [5.74, 6) is 0.612. The van der Waals surface area contributed by atoms with Gasteiger partial charge in [0.05, 0.1) is 7.11 Å². The van der Waals surface area contributed by atoms with Gasteiger partial charge >= 0.3 is 0 Å². The third-order valence-corrected chi connectivity index (χ3v) is 3.24. The first kappa shape index (κ1) is 13.6. The van der Waals surface area contributed by atoms with Crippen LogP contribution < -0.4 is 10.5 Å². The standard InChI is InChI=1S/C16H18FNO/c1-11-3-6-13(10-15(11)17)16(18)9-12-4-7-14(19-2)8-5-12/h3-8,10,16H,9,18H2,1-2H3. The van der Waals surface area contributed by atoms with Crippen molar-refractivity contribution in [2.75, 3.05) is 7.11 Å². The lowest BCUT2D eigenvalue weighted by molar-refractivity contribution is 0.414. The fraction of sp³-hybridized carbons (Fsp3) is 0.250. The molecule has 1 unspecified atom stereocenters. The Morgan fingerprint density at radius 1 is 1.16 bits per heavy atom. The minimum absolute atomic E-state index is 0.205. The largest absolute Gasteiger partial charge is 0.497 e. The monoisotopic (exact) mass is 259 g/mol. The molecule has 0 fully saturated rings. The van der Waals surface area contributed by atoms with E-state index in [1.165, 1.54) is 6.07 Å². The number of hydrogen-bond acceptors (Lipinski definition) is 2. The molecule has 2 rings (SSSR count). The summed E-state index contributed by atoms with van der Waals surface area (Å²) in [6, 6.07) is 12.7. The van der Waals surface area contributed by atoms with Gasteiger partial charge in [0.2, 0.25) is 0 Å². The van der Waals surface area contributed by atoms with Gasteiger partial charge in [0, 0.05) is 6.04 Å². The van der Waals surface area contributed by atoms with Crippen molar-refractivity contribution in [3.63, 3.8) is 0 Å². The van der Waals surface area contributed by atoms with E-state index in [2.05, 4.69) is 0 Å². The Bertz CT molecular complexity index is 551. The van der Waals surface area contributed by atoms with Crippen LogP contribution in [0.2, 0.25) is 0 Å². The normalized spacial score (nSPS) is 12.2. The van der Waals surface area contributed by atoms with Crippen molar-refractivity contribution >= 4 is 0 Å². The van der Waals surface area contributed by atoms with Gasteiger partial charge in [0.1, 0.15) is 11.6 Å². The highest BCUT2D eigenvalue weighted by Gasteiger charge is 2.09. The summed E-state index contributed by atoms with van der Waals surface area (Å²) in [6.45, 7) is 1.74. The van der Waals surface area contributed by atoms with Crippen LogP contribution in [0.25, 0.3) is 0 Å². The number of rotatable bonds is 4. The number of benzene rings is 2. The smallest absolute Gasteiger partial charge is 0.126 e. The average molecular weight is 259 g/mol. The summed E-state index contributed by atoms with van der Waals surface area (Å²) in [6.07, 6.45) is 0.673. The van der Waals surface area contributed by atoms with Crippen LogP contribution in [0.15, 0.2) is 42.5 Å². The lowest BCUT2D eigenvalue weighted by Gasteiger charge is -2.13. The first-order chi connectivity index (χ1) is 9.10.